The Morgan fingerprint density at radius 2 is 1.91 bits per heavy atom. The van der Waals surface area contributed by atoms with E-state index in [1.165, 1.54) is 18.5 Å². The van der Waals surface area contributed by atoms with E-state index in [0.29, 0.717) is 0 Å². The number of carbonyl (C=O) groups is 1. The van der Waals surface area contributed by atoms with Crippen LogP contribution in [0.5, 0.6) is 0 Å². The number of benzene rings is 1. The van der Waals surface area contributed by atoms with Crippen molar-refractivity contribution in [3.05, 3.63) is 29.8 Å². The number of amides is 1. The molecule has 2 atom stereocenters. The molecule has 2 unspecified atom stereocenters. The first-order valence-electron chi connectivity index (χ1n) is 8.43. The third-order valence-corrected chi connectivity index (χ3v) is 4.44. The van der Waals surface area contributed by atoms with Crippen LogP contribution in [0.4, 0.5) is 5.69 Å². The molecule has 1 aromatic carbocycles. The van der Waals surface area contributed by atoms with Gasteiger partial charge in [-0.2, -0.15) is 0 Å². The minimum absolute atomic E-state index is 0.0426. The zero-order valence-electron chi connectivity index (χ0n) is 14.6. The molecule has 1 aliphatic rings. The van der Waals surface area contributed by atoms with Crippen molar-refractivity contribution in [2.75, 3.05) is 18.0 Å². The van der Waals surface area contributed by atoms with E-state index in [9.17, 15) is 4.79 Å². The van der Waals surface area contributed by atoms with Gasteiger partial charge in [-0.1, -0.05) is 39.8 Å². The number of hydrogen-bond donors (Lipinski definition) is 1. The summed E-state index contributed by atoms with van der Waals surface area (Å²) in [5.74, 6) is 0.868. The molecule has 0 radical (unpaired) electrons. The maximum atomic E-state index is 12.1. The molecule has 3 heteroatoms. The summed E-state index contributed by atoms with van der Waals surface area (Å²) in [4.78, 5) is 14.5. The third kappa shape index (κ3) is 4.25. The number of anilines is 1. The Hall–Kier alpha value is -1.51. The van der Waals surface area contributed by atoms with E-state index < -0.39 is 0 Å². The van der Waals surface area contributed by atoms with E-state index in [4.69, 9.17) is 0 Å². The zero-order chi connectivity index (χ0) is 16.3. The Balaban J connectivity index is 2.00. The van der Waals surface area contributed by atoms with Crippen molar-refractivity contribution < 1.29 is 4.79 Å². The highest BCUT2D eigenvalue weighted by Gasteiger charge is 2.23. The predicted molar refractivity (Wildman–Crippen MR) is 93.1 cm³/mol. The van der Waals surface area contributed by atoms with Crippen molar-refractivity contribution in [1.29, 1.82) is 0 Å². The van der Waals surface area contributed by atoms with Gasteiger partial charge in [0.2, 0.25) is 5.91 Å². The minimum Gasteiger partial charge on any atom is -0.371 e. The second-order valence-corrected chi connectivity index (χ2v) is 7.73. The summed E-state index contributed by atoms with van der Waals surface area (Å²) >= 11 is 0. The molecule has 1 fully saturated rings. The summed E-state index contributed by atoms with van der Waals surface area (Å²) in [6.45, 7) is 12.5. The number of piperidine rings is 1. The largest absolute Gasteiger partial charge is 0.371 e. The van der Waals surface area contributed by atoms with Gasteiger partial charge in [0, 0.05) is 24.2 Å². The molecule has 1 aromatic rings. The Labute approximate surface area is 135 Å². The molecule has 1 saturated heterocycles. The van der Waals surface area contributed by atoms with E-state index in [1.54, 1.807) is 0 Å². The maximum Gasteiger partial charge on any atom is 0.225 e. The molecule has 0 bridgehead atoms. The van der Waals surface area contributed by atoms with E-state index in [1.807, 2.05) is 27.7 Å². The molecule has 122 valence electrons. The van der Waals surface area contributed by atoms with Crippen LogP contribution in [0.15, 0.2) is 24.3 Å². The molecule has 22 heavy (non-hydrogen) atoms. The van der Waals surface area contributed by atoms with Crippen LogP contribution in [-0.4, -0.2) is 19.0 Å². The predicted octanol–water partition coefficient (Wildman–Crippen LogP) is 4.15. The average Bonchev–Trinajstić information content (AvgIpc) is 2.46. The molecular formula is C19H30N2O. The highest BCUT2D eigenvalue weighted by molar-refractivity contribution is 5.81. The topological polar surface area (TPSA) is 32.3 Å². The van der Waals surface area contributed by atoms with Gasteiger partial charge in [0.1, 0.15) is 0 Å². The summed E-state index contributed by atoms with van der Waals surface area (Å²) in [5.41, 5.74) is 2.11. The third-order valence-electron chi connectivity index (χ3n) is 4.44. The molecule has 1 heterocycles. The molecule has 2 rings (SSSR count). The number of carbonyl (C=O) groups excluding carboxylic acids is 1. The van der Waals surface area contributed by atoms with Crippen molar-refractivity contribution in [1.82, 2.24) is 5.32 Å². The lowest BCUT2D eigenvalue weighted by Crippen LogP contribution is -2.36. The molecule has 1 N–H and O–H groups in total. The lowest BCUT2D eigenvalue weighted by atomic mass is 9.94. The fraction of sp³-hybridized carbons (Fsp3) is 0.632. The maximum absolute atomic E-state index is 12.1. The summed E-state index contributed by atoms with van der Waals surface area (Å²) in [6.07, 6.45) is 2.62. The minimum atomic E-state index is -0.349. The van der Waals surface area contributed by atoms with Crippen LogP contribution in [-0.2, 0) is 4.79 Å². The van der Waals surface area contributed by atoms with E-state index in [2.05, 4.69) is 41.4 Å². The zero-order valence-corrected chi connectivity index (χ0v) is 14.6. The molecule has 3 nitrogen and oxygen atoms in total. The number of nitrogens with one attached hydrogen (secondary N) is 1. The quantitative estimate of drug-likeness (QED) is 0.910. The highest BCUT2D eigenvalue weighted by atomic mass is 16.2. The van der Waals surface area contributed by atoms with Gasteiger partial charge < -0.3 is 10.2 Å². The fourth-order valence-electron chi connectivity index (χ4n) is 2.89. The number of rotatable bonds is 3. The summed E-state index contributed by atoms with van der Waals surface area (Å²) in [6, 6.07) is 8.70. The van der Waals surface area contributed by atoms with Crippen molar-refractivity contribution in [2.45, 2.75) is 53.5 Å². The SMILES string of the molecule is CC1CCCN(c2ccc(C(C)NC(=O)C(C)(C)C)cc2)C1. The van der Waals surface area contributed by atoms with Crippen LogP contribution in [0.1, 0.15) is 59.1 Å². The van der Waals surface area contributed by atoms with E-state index in [-0.39, 0.29) is 17.4 Å². The van der Waals surface area contributed by atoms with E-state index in [0.717, 1.165) is 24.6 Å². The van der Waals surface area contributed by atoms with Gasteiger partial charge in [0.15, 0.2) is 0 Å². The Kier molecular flexibility index (Phi) is 5.15. The first-order chi connectivity index (χ1) is 10.3. The molecule has 0 aromatic heterocycles. The van der Waals surface area contributed by atoms with Crippen molar-refractivity contribution in [2.24, 2.45) is 11.3 Å². The second-order valence-electron chi connectivity index (χ2n) is 7.73. The summed E-state index contributed by atoms with van der Waals surface area (Å²) in [7, 11) is 0. The van der Waals surface area contributed by atoms with E-state index >= 15 is 0 Å². The standard InChI is InChI=1S/C19H30N2O/c1-14-7-6-12-21(13-14)17-10-8-16(9-11-17)15(2)20-18(22)19(3,4)5/h8-11,14-15H,6-7,12-13H2,1-5H3,(H,20,22). The normalized spacial score (nSPS) is 20.6. The Morgan fingerprint density at radius 3 is 2.45 bits per heavy atom. The molecule has 0 spiro atoms. The average molecular weight is 302 g/mol. The molecule has 0 saturated carbocycles. The van der Waals surface area contributed by atoms with Crippen LogP contribution in [0.2, 0.25) is 0 Å². The number of hydrogen-bond acceptors (Lipinski definition) is 2. The monoisotopic (exact) mass is 302 g/mol. The van der Waals surface area contributed by atoms with Gasteiger partial charge in [0.05, 0.1) is 6.04 Å². The lowest BCUT2D eigenvalue weighted by molar-refractivity contribution is -0.129. The van der Waals surface area contributed by atoms with Crippen molar-refractivity contribution in [3.63, 3.8) is 0 Å². The van der Waals surface area contributed by atoms with Crippen LogP contribution in [0.25, 0.3) is 0 Å². The highest BCUT2D eigenvalue weighted by Crippen LogP contribution is 2.25. The van der Waals surface area contributed by atoms with Crippen LogP contribution in [0.3, 0.4) is 0 Å². The Bertz CT molecular complexity index is 501. The smallest absolute Gasteiger partial charge is 0.225 e. The van der Waals surface area contributed by atoms with Gasteiger partial charge >= 0.3 is 0 Å². The summed E-state index contributed by atoms with van der Waals surface area (Å²) in [5, 5.41) is 3.09. The molecule has 1 aliphatic heterocycles. The number of nitrogens with zero attached hydrogens (tertiary/aromatic N) is 1. The van der Waals surface area contributed by atoms with Gasteiger partial charge in [-0.05, 0) is 43.4 Å². The van der Waals surface area contributed by atoms with Gasteiger partial charge in [-0.3, -0.25) is 4.79 Å². The molecular weight excluding hydrogens is 272 g/mol. The Morgan fingerprint density at radius 1 is 1.27 bits per heavy atom. The molecule has 0 aliphatic carbocycles. The second kappa shape index (κ2) is 6.72. The van der Waals surface area contributed by atoms with Gasteiger partial charge in [0.25, 0.3) is 0 Å². The van der Waals surface area contributed by atoms with Crippen LogP contribution in [0, 0.1) is 11.3 Å². The van der Waals surface area contributed by atoms with Gasteiger partial charge in [-0.15, -0.1) is 0 Å². The lowest BCUT2D eigenvalue weighted by Gasteiger charge is -2.33. The van der Waals surface area contributed by atoms with Crippen LogP contribution >= 0.6 is 0 Å². The molecule has 1 amide bonds. The van der Waals surface area contributed by atoms with Crippen molar-refractivity contribution >= 4 is 11.6 Å². The van der Waals surface area contributed by atoms with Crippen molar-refractivity contribution in [3.8, 4) is 0 Å². The summed E-state index contributed by atoms with van der Waals surface area (Å²) < 4.78 is 0. The van der Waals surface area contributed by atoms with Gasteiger partial charge in [-0.25, -0.2) is 0 Å². The first-order valence-corrected chi connectivity index (χ1v) is 8.43. The first kappa shape index (κ1) is 16.9. The fourth-order valence-corrected chi connectivity index (χ4v) is 2.89. The van der Waals surface area contributed by atoms with Crippen LogP contribution < -0.4 is 10.2 Å².